The zero-order chi connectivity index (χ0) is 11.7. The lowest BCUT2D eigenvalue weighted by molar-refractivity contribution is 0.0527. The Hall–Kier alpha value is -1.23. The van der Waals surface area contributed by atoms with Gasteiger partial charge in [-0.3, -0.25) is 4.68 Å². The lowest BCUT2D eigenvalue weighted by Gasteiger charge is -2.32. The van der Waals surface area contributed by atoms with Crippen molar-refractivity contribution < 1.29 is 4.74 Å². The smallest absolute Gasteiger partial charge is 0.150 e. The number of nitrogens with two attached hydrogens (primary N) is 1. The van der Waals surface area contributed by atoms with E-state index in [0.717, 1.165) is 43.3 Å². The topological polar surface area (TPSA) is 56.3 Å². The van der Waals surface area contributed by atoms with E-state index in [0.29, 0.717) is 0 Å². The average Bonchev–Trinajstić information content (AvgIpc) is 2.53. The summed E-state index contributed by atoms with van der Waals surface area (Å²) in [4.78, 5) is 2.26. The molecule has 0 spiro atoms. The highest BCUT2D eigenvalue weighted by Gasteiger charge is 2.23. The summed E-state index contributed by atoms with van der Waals surface area (Å²) < 4.78 is 7.41. The summed E-state index contributed by atoms with van der Waals surface area (Å²) >= 11 is 0. The number of anilines is 2. The van der Waals surface area contributed by atoms with E-state index < -0.39 is 0 Å². The molecule has 5 heteroatoms. The van der Waals surface area contributed by atoms with Gasteiger partial charge < -0.3 is 15.4 Å². The Balaban J connectivity index is 2.28. The predicted octanol–water partition coefficient (Wildman–Crippen LogP) is 0.790. The molecule has 16 heavy (non-hydrogen) atoms. The second-order valence-electron chi connectivity index (χ2n) is 4.29. The first-order valence-electron chi connectivity index (χ1n) is 5.81. The Kier molecular flexibility index (Phi) is 3.05. The third kappa shape index (κ3) is 1.87. The zero-order valence-corrected chi connectivity index (χ0v) is 10.2. The fourth-order valence-corrected chi connectivity index (χ4v) is 2.23. The number of ether oxygens (including phenoxy) is 1. The second kappa shape index (κ2) is 4.33. The van der Waals surface area contributed by atoms with Gasteiger partial charge >= 0.3 is 0 Å². The SMILES string of the molecule is CCc1nn(C)c(N2CCOC(C)C2)c1N. The van der Waals surface area contributed by atoms with Gasteiger partial charge in [0.1, 0.15) is 0 Å². The van der Waals surface area contributed by atoms with E-state index in [2.05, 4.69) is 23.8 Å². The summed E-state index contributed by atoms with van der Waals surface area (Å²) in [6.07, 6.45) is 1.13. The van der Waals surface area contributed by atoms with Gasteiger partial charge in [-0.05, 0) is 13.3 Å². The first-order chi connectivity index (χ1) is 7.63. The lowest BCUT2D eigenvalue weighted by atomic mass is 10.2. The molecule has 1 aromatic rings. The number of nitrogen functional groups attached to an aromatic ring is 1. The monoisotopic (exact) mass is 224 g/mol. The van der Waals surface area contributed by atoms with Crippen LogP contribution < -0.4 is 10.6 Å². The van der Waals surface area contributed by atoms with Crippen LogP contribution in [0.25, 0.3) is 0 Å². The Morgan fingerprint density at radius 1 is 1.56 bits per heavy atom. The molecule has 0 bridgehead atoms. The van der Waals surface area contributed by atoms with Crippen molar-refractivity contribution in [1.29, 1.82) is 0 Å². The Bertz CT molecular complexity index is 374. The summed E-state index contributed by atoms with van der Waals surface area (Å²) in [5.41, 5.74) is 7.93. The van der Waals surface area contributed by atoms with Crippen LogP contribution in [0.3, 0.4) is 0 Å². The lowest BCUT2D eigenvalue weighted by Crippen LogP contribution is -2.42. The average molecular weight is 224 g/mol. The van der Waals surface area contributed by atoms with E-state index in [1.807, 2.05) is 11.7 Å². The molecule has 1 saturated heterocycles. The van der Waals surface area contributed by atoms with E-state index in [4.69, 9.17) is 10.5 Å². The summed E-state index contributed by atoms with van der Waals surface area (Å²) in [6, 6.07) is 0. The molecule has 1 aliphatic rings. The van der Waals surface area contributed by atoms with Gasteiger partial charge in [-0.2, -0.15) is 5.10 Å². The van der Waals surface area contributed by atoms with Gasteiger partial charge in [0.2, 0.25) is 0 Å². The van der Waals surface area contributed by atoms with Gasteiger partial charge in [-0.15, -0.1) is 0 Å². The van der Waals surface area contributed by atoms with Gasteiger partial charge in [-0.25, -0.2) is 0 Å². The molecule has 1 aliphatic heterocycles. The fraction of sp³-hybridized carbons (Fsp3) is 0.727. The van der Waals surface area contributed by atoms with Crippen LogP contribution in [0.5, 0.6) is 0 Å². The van der Waals surface area contributed by atoms with Crippen molar-refractivity contribution >= 4 is 11.5 Å². The molecule has 0 saturated carbocycles. The molecule has 0 amide bonds. The molecule has 5 nitrogen and oxygen atoms in total. The van der Waals surface area contributed by atoms with Gasteiger partial charge in [0.15, 0.2) is 5.82 Å². The second-order valence-corrected chi connectivity index (χ2v) is 4.29. The van der Waals surface area contributed by atoms with Crippen molar-refractivity contribution in [3.05, 3.63) is 5.69 Å². The third-order valence-corrected chi connectivity index (χ3v) is 3.00. The molecule has 90 valence electrons. The van der Waals surface area contributed by atoms with Crippen LogP contribution in [0.4, 0.5) is 11.5 Å². The predicted molar refractivity (Wildman–Crippen MR) is 64.6 cm³/mol. The summed E-state index contributed by atoms with van der Waals surface area (Å²) in [5, 5.41) is 4.44. The molecular weight excluding hydrogens is 204 g/mol. The van der Waals surface area contributed by atoms with Crippen LogP contribution in [0.2, 0.25) is 0 Å². The Morgan fingerprint density at radius 3 is 2.88 bits per heavy atom. The highest BCUT2D eigenvalue weighted by Crippen LogP contribution is 2.27. The van der Waals surface area contributed by atoms with Gasteiger partial charge in [-0.1, -0.05) is 6.92 Å². The van der Waals surface area contributed by atoms with E-state index >= 15 is 0 Å². The number of hydrogen-bond acceptors (Lipinski definition) is 4. The van der Waals surface area contributed by atoms with Crippen LogP contribution in [0, 0.1) is 0 Å². The first-order valence-corrected chi connectivity index (χ1v) is 5.81. The van der Waals surface area contributed by atoms with Crippen molar-refractivity contribution in [3.63, 3.8) is 0 Å². The zero-order valence-electron chi connectivity index (χ0n) is 10.2. The summed E-state index contributed by atoms with van der Waals surface area (Å²) in [5.74, 6) is 1.03. The molecular formula is C11H20N4O. The van der Waals surface area contributed by atoms with E-state index in [1.54, 1.807) is 0 Å². The molecule has 0 aliphatic carbocycles. The van der Waals surface area contributed by atoms with Gasteiger partial charge in [0.05, 0.1) is 24.1 Å². The minimum atomic E-state index is 0.258. The Morgan fingerprint density at radius 2 is 2.31 bits per heavy atom. The van der Waals surface area contributed by atoms with Crippen molar-refractivity contribution in [2.45, 2.75) is 26.4 Å². The van der Waals surface area contributed by atoms with E-state index in [1.165, 1.54) is 0 Å². The number of rotatable bonds is 2. The number of aryl methyl sites for hydroxylation is 2. The minimum absolute atomic E-state index is 0.258. The van der Waals surface area contributed by atoms with Crippen LogP contribution in [-0.4, -0.2) is 35.6 Å². The largest absolute Gasteiger partial charge is 0.394 e. The normalized spacial score (nSPS) is 21.4. The van der Waals surface area contributed by atoms with Crippen LogP contribution in [0.1, 0.15) is 19.5 Å². The number of aromatic nitrogens is 2. The highest BCUT2D eigenvalue weighted by molar-refractivity contribution is 5.66. The van der Waals surface area contributed by atoms with Gasteiger partial charge in [0, 0.05) is 20.1 Å². The fourth-order valence-electron chi connectivity index (χ4n) is 2.23. The minimum Gasteiger partial charge on any atom is -0.394 e. The highest BCUT2D eigenvalue weighted by atomic mass is 16.5. The molecule has 1 unspecified atom stereocenters. The number of hydrogen-bond donors (Lipinski definition) is 1. The quantitative estimate of drug-likeness (QED) is 0.807. The van der Waals surface area contributed by atoms with Crippen molar-refractivity contribution in [2.24, 2.45) is 7.05 Å². The molecule has 1 fully saturated rings. The van der Waals surface area contributed by atoms with Crippen molar-refractivity contribution in [2.75, 3.05) is 30.3 Å². The van der Waals surface area contributed by atoms with E-state index in [9.17, 15) is 0 Å². The molecule has 1 atom stereocenters. The van der Waals surface area contributed by atoms with Crippen LogP contribution >= 0.6 is 0 Å². The molecule has 0 aromatic carbocycles. The summed E-state index contributed by atoms with van der Waals surface area (Å²) in [6.45, 7) is 6.68. The summed E-state index contributed by atoms with van der Waals surface area (Å²) in [7, 11) is 1.95. The maximum absolute atomic E-state index is 6.13. The number of morpholine rings is 1. The molecule has 2 N–H and O–H groups in total. The van der Waals surface area contributed by atoms with Crippen LogP contribution in [0.15, 0.2) is 0 Å². The molecule has 2 rings (SSSR count). The molecule has 1 aromatic heterocycles. The molecule has 2 heterocycles. The first kappa shape index (κ1) is 11.3. The van der Waals surface area contributed by atoms with Crippen LogP contribution in [-0.2, 0) is 18.2 Å². The van der Waals surface area contributed by atoms with Crippen molar-refractivity contribution in [3.8, 4) is 0 Å². The number of nitrogens with zero attached hydrogens (tertiary/aromatic N) is 3. The molecule has 0 radical (unpaired) electrons. The maximum atomic E-state index is 6.13. The van der Waals surface area contributed by atoms with E-state index in [-0.39, 0.29) is 6.10 Å². The standard InChI is InChI=1S/C11H20N4O/c1-4-9-10(12)11(14(3)13-9)15-5-6-16-8(2)7-15/h8H,4-7,12H2,1-3H3. The Labute approximate surface area is 96.2 Å². The van der Waals surface area contributed by atoms with Crippen molar-refractivity contribution in [1.82, 2.24) is 9.78 Å². The maximum Gasteiger partial charge on any atom is 0.150 e. The third-order valence-electron chi connectivity index (χ3n) is 3.00. The van der Waals surface area contributed by atoms with Gasteiger partial charge in [0.25, 0.3) is 0 Å².